The molecule has 0 radical (unpaired) electrons. The number of allylic oxidation sites excluding steroid dienone is 1. The predicted octanol–water partition coefficient (Wildman–Crippen LogP) is -0.335. The van der Waals surface area contributed by atoms with Crippen molar-refractivity contribution >= 4 is 11.9 Å². The first-order valence-corrected chi connectivity index (χ1v) is 3.60. The van der Waals surface area contributed by atoms with Crippen molar-refractivity contribution in [2.24, 2.45) is 0 Å². The van der Waals surface area contributed by atoms with Gasteiger partial charge in [-0.25, -0.2) is 4.79 Å². The van der Waals surface area contributed by atoms with Crippen LogP contribution in [-0.4, -0.2) is 15.8 Å². The van der Waals surface area contributed by atoms with E-state index in [0.29, 0.717) is 0 Å². The molecule has 0 aromatic carbocycles. The lowest BCUT2D eigenvalue weighted by molar-refractivity contribution is -0.112. The van der Waals surface area contributed by atoms with Gasteiger partial charge in [0.25, 0.3) is 5.56 Å². The number of carbonyl (C=O) groups is 1. The maximum absolute atomic E-state index is 11.0. The van der Waals surface area contributed by atoms with Gasteiger partial charge in [0.1, 0.15) is 0 Å². The van der Waals surface area contributed by atoms with E-state index in [1.807, 2.05) is 4.98 Å². The van der Waals surface area contributed by atoms with Crippen LogP contribution in [0.3, 0.4) is 0 Å². The third-order valence-electron chi connectivity index (χ3n) is 1.35. The number of hydrogen-bond acceptors (Lipinski definition) is 3. The molecule has 5 heteroatoms. The van der Waals surface area contributed by atoms with E-state index in [2.05, 4.69) is 4.98 Å². The first-order valence-electron chi connectivity index (χ1n) is 3.60. The zero-order valence-corrected chi connectivity index (χ0v) is 6.96. The largest absolute Gasteiger partial charge is 0.325 e. The SMILES string of the molecule is CC(=O)/C=C/c1c[nH]c(=O)[nH]c1=O. The molecule has 13 heavy (non-hydrogen) atoms. The van der Waals surface area contributed by atoms with E-state index >= 15 is 0 Å². The zero-order valence-electron chi connectivity index (χ0n) is 6.96. The van der Waals surface area contributed by atoms with Crippen molar-refractivity contribution in [3.05, 3.63) is 38.7 Å². The van der Waals surface area contributed by atoms with Crippen molar-refractivity contribution < 1.29 is 4.79 Å². The average Bonchev–Trinajstić information content (AvgIpc) is 2.02. The Morgan fingerprint density at radius 2 is 2.15 bits per heavy atom. The fourth-order valence-corrected chi connectivity index (χ4v) is 0.751. The first-order chi connectivity index (χ1) is 6.09. The highest BCUT2D eigenvalue weighted by atomic mass is 16.2. The minimum atomic E-state index is -0.565. The number of carbonyl (C=O) groups excluding carboxylic acids is 1. The quantitative estimate of drug-likeness (QED) is 0.611. The maximum Gasteiger partial charge on any atom is 0.325 e. The second-order valence-corrected chi connectivity index (χ2v) is 2.47. The van der Waals surface area contributed by atoms with Crippen molar-refractivity contribution in [3.8, 4) is 0 Å². The maximum atomic E-state index is 11.0. The summed E-state index contributed by atoms with van der Waals surface area (Å²) in [6.45, 7) is 1.37. The molecule has 0 aliphatic heterocycles. The third-order valence-corrected chi connectivity index (χ3v) is 1.35. The molecule has 1 aromatic heterocycles. The molecule has 5 nitrogen and oxygen atoms in total. The molecule has 0 bridgehead atoms. The molecule has 2 N–H and O–H groups in total. The summed E-state index contributed by atoms with van der Waals surface area (Å²) >= 11 is 0. The number of nitrogens with one attached hydrogen (secondary N) is 2. The Hall–Kier alpha value is -1.91. The van der Waals surface area contributed by atoms with E-state index in [1.165, 1.54) is 25.3 Å². The molecule has 0 saturated carbocycles. The molecule has 0 atom stereocenters. The van der Waals surface area contributed by atoms with Crippen LogP contribution in [0.4, 0.5) is 0 Å². The Balaban J connectivity index is 3.11. The van der Waals surface area contributed by atoms with Gasteiger partial charge < -0.3 is 4.98 Å². The van der Waals surface area contributed by atoms with Crippen LogP contribution >= 0.6 is 0 Å². The lowest BCUT2D eigenvalue weighted by Gasteiger charge is -1.88. The fraction of sp³-hybridized carbons (Fsp3) is 0.125. The van der Waals surface area contributed by atoms with Gasteiger partial charge in [-0.1, -0.05) is 0 Å². The van der Waals surface area contributed by atoms with Gasteiger partial charge in [0.15, 0.2) is 5.78 Å². The Kier molecular flexibility index (Phi) is 2.59. The van der Waals surface area contributed by atoms with Crippen molar-refractivity contribution in [3.63, 3.8) is 0 Å². The van der Waals surface area contributed by atoms with Crippen LogP contribution in [0.15, 0.2) is 21.9 Å². The molecular weight excluding hydrogens is 172 g/mol. The van der Waals surface area contributed by atoms with E-state index in [4.69, 9.17) is 0 Å². The highest BCUT2D eigenvalue weighted by Crippen LogP contribution is 1.89. The molecule has 0 aliphatic carbocycles. The van der Waals surface area contributed by atoms with E-state index in [0.717, 1.165) is 0 Å². The minimum absolute atomic E-state index is 0.161. The van der Waals surface area contributed by atoms with Crippen LogP contribution < -0.4 is 11.2 Å². The third kappa shape index (κ3) is 2.55. The second kappa shape index (κ2) is 3.66. The molecular formula is C8H8N2O3. The highest BCUT2D eigenvalue weighted by Gasteiger charge is 1.94. The van der Waals surface area contributed by atoms with Gasteiger partial charge in [0, 0.05) is 6.20 Å². The molecule has 0 amide bonds. The van der Waals surface area contributed by atoms with Crippen LogP contribution in [0, 0.1) is 0 Å². The lowest BCUT2D eigenvalue weighted by Crippen LogP contribution is -2.22. The van der Waals surface area contributed by atoms with Crippen molar-refractivity contribution in [1.82, 2.24) is 9.97 Å². The van der Waals surface area contributed by atoms with E-state index in [1.54, 1.807) is 0 Å². The second-order valence-electron chi connectivity index (χ2n) is 2.47. The molecule has 0 unspecified atom stereocenters. The van der Waals surface area contributed by atoms with Gasteiger partial charge in [-0.05, 0) is 19.1 Å². The number of ketones is 1. The summed E-state index contributed by atoms with van der Waals surface area (Å²) in [6.07, 6.45) is 3.85. The number of hydrogen-bond donors (Lipinski definition) is 2. The highest BCUT2D eigenvalue weighted by molar-refractivity contribution is 5.91. The van der Waals surface area contributed by atoms with Crippen LogP contribution in [0.25, 0.3) is 6.08 Å². The molecule has 0 saturated heterocycles. The minimum Gasteiger partial charge on any atom is -0.314 e. The Bertz CT molecular complexity index is 453. The van der Waals surface area contributed by atoms with Crippen molar-refractivity contribution in [2.45, 2.75) is 6.92 Å². The molecule has 1 aromatic rings. The molecule has 1 rings (SSSR count). The van der Waals surface area contributed by atoms with Gasteiger partial charge in [-0.15, -0.1) is 0 Å². The predicted molar refractivity (Wildman–Crippen MR) is 47.4 cm³/mol. The molecule has 1 heterocycles. The number of rotatable bonds is 2. The van der Waals surface area contributed by atoms with Crippen LogP contribution in [0.2, 0.25) is 0 Å². The van der Waals surface area contributed by atoms with Gasteiger partial charge in [-0.3, -0.25) is 14.6 Å². The Morgan fingerprint density at radius 3 is 2.69 bits per heavy atom. The molecule has 68 valence electrons. The summed E-state index contributed by atoms with van der Waals surface area (Å²) in [4.78, 5) is 36.4. The Morgan fingerprint density at radius 1 is 1.46 bits per heavy atom. The van der Waals surface area contributed by atoms with Crippen LogP contribution in [0.5, 0.6) is 0 Å². The van der Waals surface area contributed by atoms with Gasteiger partial charge in [-0.2, -0.15) is 0 Å². The smallest absolute Gasteiger partial charge is 0.314 e. The first kappa shape index (κ1) is 9.18. The zero-order chi connectivity index (χ0) is 9.84. The summed E-state index contributed by atoms with van der Waals surface area (Å²) in [5.41, 5.74) is -0.832. The molecule has 0 fully saturated rings. The van der Waals surface area contributed by atoms with Crippen LogP contribution in [0.1, 0.15) is 12.5 Å². The van der Waals surface area contributed by atoms with E-state index in [9.17, 15) is 14.4 Å². The van der Waals surface area contributed by atoms with E-state index < -0.39 is 11.2 Å². The van der Waals surface area contributed by atoms with Crippen molar-refractivity contribution in [2.75, 3.05) is 0 Å². The molecule has 0 aliphatic rings. The summed E-state index contributed by atoms with van der Waals surface area (Å²) in [5.74, 6) is -0.161. The average molecular weight is 180 g/mol. The van der Waals surface area contributed by atoms with Gasteiger partial charge >= 0.3 is 5.69 Å². The normalized spacial score (nSPS) is 10.5. The number of aromatic amines is 2. The summed E-state index contributed by atoms with van der Waals surface area (Å²) in [6, 6.07) is 0. The Labute approximate surface area is 73.1 Å². The summed E-state index contributed by atoms with van der Waals surface area (Å²) < 4.78 is 0. The monoisotopic (exact) mass is 180 g/mol. The topological polar surface area (TPSA) is 82.8 Å². The summed E-state index contributed by atoms with van der Waals surface area (Å²) in [7, 11) is 0. The van der Waals surface area contributed by atoms with Crippen molar-refractivity contribution in [1.29, 1.82) is 0 Å². The number of aromatic nitrogens is 2. The van der Waals surface area contributed by atoms with Gasteiger partial charge in [0.05, 0.1) is 5.56 Å². The standard InChI is InChI=1S/C8H8N2O3/c1-5(11)2-3-6-4-9-8(13)10-7(6)12/h2-4H,1H3,(H2,9,10,12,13)/b3-2+. The lowest BCUT2D eigenvalue weighted by atomic mass is 10.3. The van der Waals surface area contributed by atoms with Gasteiger partial charge in [0.2, 0.25) is 0 Å². The number of H-pyrrole nitrogens is 2. The van der Waals surface area contributed by atoms with E-state index in [-0.39, 0.29) is 11.3 Å². The molecule has 0 spiro atoms. The summed E-state index contributed by atoms with van der Waals surface area (Å²) in [5, 5.41) is 0. The van der Waals surface area contributed by atoms with Crippen LogP contribution in [-0.2, 0) is 4.79 Å². The fourth-order valence-electron chi connectivity index (χ4n) is 0.751.